The summed E-state index contributed by atoms with van der Waals surface area (Å²) >= 11 is 0. The van der Waals surface area contributed by atoms with Crippen molar-refractivity contribution in [2.24, 2.45) is 0 Å². The maximum absolute atomic E-state index is 13.1. The summed E-state index contributed by atoms with van der Waals surface area (Å²) in [5.41, 5.74) is 10.1. The number of aromatic nitrogens is 5. The number of anilines is 1. The molecular formula is C23H17N7O. The largest absolute Gasteiger partial charge is 0.368 e. The number of nitrogens with zero attached hydrogens (tertiary/aromatic N) is 5. The van der Waals surface area contributed by atoms with Crippen LogP contribution in [0.3, 0.4) is 0 Å². The van der Waals surface area contributed by atoms with E-state index in [9.17, 15) is 4.79 Å². The molecule has 0 fully saturated rings. The van der Waals surface area contributed by atoms with Crippen LogP contribution in [0.15, 0.2) is 73.4 Å². The van der Waals surface area contributed by atoms with Crippen molar-refractivity contribution in [3.05, 3.63) is 84.7 Å². The van der Waals surface area contributed by atoms with E-state index in [1.807, 2.05) is 42.5 Å². The number of carbonyl (C=O) groups excluding carboxylic acids is 1. The summed E-state index contributed by atoms with van der Waals surface area (Å²) in [4.78, 5) is 34.2. The number of nitrogens with one attached hydrogen (secondary N) is 1. The molecule has 0 aliphatic rings. The second kappa shape index (κ2) is 7.75. The number of rotatable bonds is 4. The molecule has 31 heavy (non-hydrogen) atoms. The van der Waals surface area contributed by atoms with Gasteiger partial charge < -0.3 is 11.1 Å². The van der Waals surface area contributed by atoms with Crippen molar-refractivity contribution in [3.8, 4) is 11.1 Å². The minimum absolute atomic E-state index is 0.0220. The van der Waals surface area contributed by atoms with Crippen LogP contribution in [0.4, 0.5) is 5.95 Å². The standard InChI is InChI=1S/C23H17N7O/c24-23-29-20-17(16-10-25-13-26-11-16)7-2-8-18(20)21(30-23)22(31)28-12-15-5-1-4-14-6-3-9-27-19(14)15/h1-11,13H,12H2,(H,28,31)(H2,24,29,30). The van der Waals surface area contributed by atoms with Gasteiger partial charge in [0.2, 0.25) is 5.95 Å². The van der Waals surface area contributed by atoms with Crippen LogP contribution < -0.4 is 11.1 Å². The van der Waals surface area contributed by atoms with E-state index in [-0.39, 0.29) is 17.5 Å². The number of fused-ring (bicyclic) bond motifs is 2. The summed E-state index contributed by atoms with van der Waals surface area (Å²) in [6.45, 7) is 0.310. The molecule has 0 radical (unpaired) electrons. The maximum Gasteiger partial charge on any atom is 0.271 e. The second-order valence-electron chi connectivity index (χ2n) is 6.93. The maximum atomic E-state index is 13.1. The molecule has 0 spiro atoms. The molecule has 0 aliphatic carbocycles. The molecule has 8 heteroatoms. The Morgan fingerprint density at radius 3 is 2.61 bits per heavy atom. The minimum Gasteiger partial charge on any atom is -0.368 e. The number of amides is 1. The Morgan fingerprint density at radius 2 is 1.74 bits per heavy atom. The number of hydrogen-bond acceptors (Lipinski definition) is 7. The monoisotopic (exact) mass is 407 g/mol. The third-order valence-corrected chi connectivity index (χ3v) is 4.99. The van der Waals surface area contributed by atoms with Crippen LogP contribution in [-0.4, -0.2) is 30.8 Å². The summed E-state index contributed by atoms with van der Waals surface area (Å²) in [7, 11) is 0. The van der Waals surface area contributed by atoms with Gasteiger partial charge in [-0.25, -0.2) is 19.9 Å². The summed E-state index contributed by atoms with van der Waals surface area (Å²) in [5.74, 6) is -0.317. The first-order valence-electron chi connectivity index (χ1n) is 9.63. The van der Waals surface area contributed by atoms with E-state index in [2.05, 4.69) is 30.2 Å². The van der Waals surface area contributed by atoms with Gasteiger partial charge in [-0.1, -0.05) is 42.5 Å². The number of pyridine rings is 1. The summed E-state index contributed by atoms with van der Waals surface area (Å²) in [5, 5.41) is 4.55. The molecule has 0 saturated carbocycles. The molecule has 0 atom stereocenters. The van der Waals surface area contributed by atoms with Crippen molar-refractivity contribution >= 4 is 33.7 Å². The predicted molar refractivity (Wildman–Crippen MR) is 118 cm³/mol. The van der Waals surface area contributed by atoms with Gasteiger partial charge in [0, 0.05) is 47.0 Å². The zero-order chi connectivity index (χ0) is 21.2. The van der Waals surface area contributed by atoms with Gasteiger partial charge in [0.1, 0.15) is 12.0 Å². The van der Waals surface area contributed by atoms with Crippen LogP contribution in [0.5, 0.6) is 0 Å². The zero-order valence-corrected chi connectivity index (χ0v) is 16.4. The SMILES string of the molecule is Nc1nc(C(=O)NCc2cccc3cccnc23)c2cccc(-c3cncnc3)c2n1. The van der Waals surface area contributed by atoms with Gasteiger partial charge in [0.15, 0.2) is 0 Å². The molecule has 150 valence electrons. The van der Waals surface area contributed by atoms with E-state index >= 15 is 0 Å². The van der Waals surface area contributed by atoms with Gasteiger partial charge in [0.25, 0.3) is 5.91 Å². The van der Waals surface area contributed by atoms with E-state index < -0.39 is 0 Å². The highest BCUT2D eigenvalue weighted by molar-refractivity contribution is 6.08. The number of benzene rings is 2. The van der Waals surface area contributed by atoms with E-state index in [4.69, 9.17) is 5.73 Å². The highest BCUT2D eigenvalue weighted by Crippen LogP contribution is 2.28. The van der Waals surface area contributed by atoms with Crippen molar-refractivity contribution in [3.63, 3.8) is 0 Å². The molecule has 0 saturated heterocycles. The first-order valence-corrected chi connectivity index (χ1v) is 9.63. The highest BCUT2D eigenvalue weighted by atomic mass is 16.1. The molecule has 1 amide bonds. The normalized spacial score (nSPS) is 11.0. The van der Waals surface area contributed by atoms with Crippen LogP contribution in [0.1, 0.15) is 16.1 Å². The Balaban J connectivity index is 1.52. The van der Waals surface area contributed by atoms with Crippen molar-refractivity contribution in [2.45, 2.75) is 6.54 Å². The van der Waals surface area contributed by atoms with E-state index in [1.54, 1.807) is 24.7 Å². The number of nitrogen functional groups attached to an aromatic ring is 1. The van der Waals surface area contributed by atoms with Crippen molar-refractivity contribution in [1.82, 2.24) is 30.2 Å². The lowest BCUT2D eigenvalue weighted by molar-refractivity contribution is 0.0948. The topological polar surface area (TPSA) is 120 Å². The van der Waals surface area contributed by atoms with Gasteiger partial charge in [0.05, 0.1) is 11.0 Å². The Kier molecular flexibility index (Phi) is 4.64. The zero-order valence-electron chi connectivity index (χ0n) is 16.4. The molecule has 0 unspecified atom stereocenters. The molecule has 3 N–H and O–H groups in total. The fourth-order valence-electron chi connectivity index (χ4n) is 3.58. The summed E-state index contributed by atoms with van der Waals surface area (Å²) in [6, 6.07) is 15.3. The molecular weight excluding hydrogens is 390 g/mol. The second-order valence-corrected chi connectivity index (χ2v) is 6.93. The Labute approximate surface area is 177 Å². The van der Waals surface area contributed by atoms with Crippen LogP contribution in [0.2, 0.25) is 0 Å². The molecule has 2 aromatic carbocycles. The Hall–Kier alpha value is -4.46. The van der Waals surface area contributed by atoms with E-state index in [0.717, 1.165) is 27.6 Å². The van der Waals surface area contributed by atoms with Crippen molar-refractivity contribution < 1.29 is 4.79 Å². The molecule has 0 aliphatic heterocycles. The first-order chi connectivity index (χ1) is 15.2. The summed E-state index contributed by atoms with van der Waals surface area (Å²) in [6.07, 6.45) is 6.57. The van der Waals surface area contributed by atoms with Crippen LogP contribution in [0, 0.1) is 0 Å². The highest BCUT2D eigenvalue weighted by Gasteiger charge is 2.17. The van der Waals surface area contributed by atoms with E-state index in [0.29, 0.717) is 17.4 Å². The third-order valence-electron chi connectivity index (χ3n) is 4.99. The summed E-state index contributed by atoms with van der Waals surface area (Å²) < 4.78 is 0. The average Bonchev–Trinajstić information content (AvgIpc) is 2.82. The molecule has 0 bridgehead atoms. The predicted octanol–water partition coefficient (Wildman–Crippen LogP) is 3.15. The number of para-hydroxylation sites is 2. The van der Waals surface area contributed by atoms with Gasteiger partial charge >= 0.3 is 0 Å². The van der Waals surface area contributed by atoms with Gasteiger partial charge in [-0.05, 0) is 11.6 Å². The molecule has 3 aromatic heterocycles. The quantitative estimate of drug-likeness (QED) is 0.469. The smallest absolute Gasteiger partial charge is 0.271 e. The van der Waals surface area contributed by atoms with E-state index in [1.165, 1.54) is 6.33 Å². The lowest BCUT2D eigenvalue weighted by atomic mass is 10.0. The van der Waals surface area contributed by atoms with Crippen LogP contribution in [-0.2, 0) is 6.54 Å². The van der Waals surface area contributed by atoms with Gasteiger partial charge in [-0.3, -0.25) is 9.78 Å². The molecule has 3 heterocycles. The number of carbonyl (C=O) groups is 1. The number of hydrogen-bond donors (Lipinski definition) is 2. The molecule has 8 nitrogen and oxygen atoms in total. The fourth-order valence-corrected chi connectivity index (χ4v) is 3.58. The van der Waals surface area contributed by atoms with Crippen LogP contribution >= 0.6 is 0 Å². The minimum atomic E-state index is -0.339. The first kappa shape index (κ1) is 18.6. The fraction of sp³-hybridized carbons (Fsp3) is 0.0435. The molecule has 5 rings (SSSR count). The van der Waals surface area contributed by atoms with Gasteiger partial charge in [-0.15, -0.1) is 0 Å². The number of nitrogens with two attached hydrogens (primary N) is 1. The van der Waals surface area contributed by atoms with Crippen LogP contribution in [0.25, 0.3) is 32.9 Å². The third kappa shape index (κ3) is 3.51. The average molecular weight is 407 g/mol. The van der Waals surface area contributed by atoms with Gasteiger partial charge in [-0.2, -0.15) is 0 Å². The van der Waals surface area contributed by atoms with Crippen molar-refractivity contribution in [2.75, 3.05) is 5.73 Å². The van der Waals surface area contributed by atoms with Crippen molar-refractivity contribution in [1.29, 1.82) is 0 Å². The molecule has 5 aromatic rings. The Bertz CT molecular complexity index is 1410. The lowest BCUT2D eigenvalue weighted by Gasteiger charge is -2.11. The Morgan fingerprint density at radius 1 is 0.935 bits per heavy atom. The lowest BCUT2D eigenvalue weighted by Crippen LogP contribution is -2.25.